The van der Waals surface area contributed by atoms with E-state index in [1.807, 2.05) is 42.5 Å². The Labute approximate surface area is 173 Å². The van der Waals surface area contributed by atoms with Crippen molar-refractivity contribution in [3.05, 3.63) is 46.9 Å². The van der Waals surface area contributed by atoms with E-state index in [9.17, 15) is 4.79 Å². The number of rotatable bonds is 7. The number of carbonyl (C=O) groups excluding carboxylic acids is 1. The average molecular weight is 449 g/mol. The highest BCUT2D eigenvalue weighted by Gasteiger charge is 2.24. The number of piperidine rings is 1. The molecule has 0 spiro atoms. The van der Waals surface area contributed by atoms with Crippen LogP contribution in [0.15, 0.2) is 46.9 Å². The van der Waals surface area contributed by atoms with Crippen LogP contribution in [0.2, 0.25) is 0 Å². The molecule has 0 atom stereocenters. The van der Waals surface area contributed by atoms with Gasteiger partial charge < -0.3 is 19.5 Å². The number of benzene rings is 2. The zero-order valence-corrected chi connectivity index (χ0v) is 17.7. The number of halogens is 1. The summed E-state index contributed by atoms with van der Waals surface area (Å²) in [6.07, 6.45) is 1.74. The molecule has 2 aromatic rings. The van der Waals surface area contributed by atoms with Gasteiger partial charge in [-0.25, -0.2) is 0 Å². The number of anilines is 1. The molecule has 1 heterocycles. The van der Waals surface area contributed by atoms with E-state index in [0.29, 0.717) is 23.8 Å². The van der Waals surface area contributed by atoms with Crippen molar-refractivity contribution in [3.63, 3.8) is 0 Å². The zero-order valence-electron chi connectivity index (χ0n) is 16.1. The normalized spacial score (nSPS) is 15.1. The molecule has 3 rings (SSSR count). The lowest BCUT2D eigenvalue weighted by Crippen LogP contribution is -2.42. The second kappa shape index (κ2) is 9.80. The summed E-state index contributed by atoms with van der Waals surface area (Å²) in [5, 5.41) is 2.94. The van der Waals surface area contributed by atoms with Crippen molar-refractivity contribution in [2.24, 2.45) is 0 Å². The molecule has 2 aromatic carbocycles. The van der Waals surface area contributed by atoms with Gasteiger partial charge in [0.25, 0.3) is 0 Å². The maximum Gasteiger partial charge on any atom is 0.238 e. The molecule has 1 N–H and O–H groups in total. The van der Waals surface area contributed by atoms with E-state index in [1.54, 1.807) is 14.2 Å². The molecule has 1 fully saturated rings. The van der Waals surface area contributed by atoms with Crippen molar-refractivity contribution < 1.29 is 19.0 Å². The molecule has 28 heavy (non-hydrogen) atoms. The maximum atomic E-state index is 12.3. The summed E-state index contributed by atoms with van der Waals surface area (Å²) in [6.45, 7) is 1.97. The van der Waals surface area contributed by atoms with Crippen molar-refractivity contribution in [3.8, 4) is 17.2 Å². The first kappa shape index (κ1) is 20.5. The Morgan fingerprint density at radius 2 is 1.75 bits per heavy atom. The molecule has 0 saturated carbocycles. The van der Waals surface area contributed by atoms with Crippen molar-refractivity contribution in [2.45, 2.75) is 18.9 Å². The fourth-order valence-corrected chi connectivity index (χ4v) is 3.65. The number of nitrogens with zero attached hydrogens (tertiary/aromatic N) is 1. The Bertz CT molecular complexity index is 784. The first-order chi connectivity index (χ1) is 13.6. The number of ether oxygens (including phenoxy) is 3. The highest BCUT2D eigenvalue weighted by Crippen LogP contribution is 2.38. The quantitative estimate of drug-likeness (QED) is 0.694. The third-order valence-corrected chi connectivity index (χ3v) is 5.17. The van der Waals surface area contributed by atoms with Crippen LogP contribution in [-0.2, 0) is 4.79 Å². The predicted octanol–water partition coefficient (Wildman–Crippen LogP) is 3.95. The van der Waals surface area contributed by atoms with Crippen LogP contribution < -0.4 is 19.5 Å². The van der Waals surface area contributed by atoms with Crippen LogP contribution >= 0.6 is 15.9 Å². The molecular weight excluding hydrogens is 424 g/mol. The topological polar surface area (TPSA) is 60.0 Å². The first-order valence-electron chi connectivity index (χ1n) is 9.24. The van der Waals surface area contributed by atoms with Gasteiger partial charge in [0.2, 0.25) is 11.7 Å². The Hall–Kier alpha value is -2.25. The number of likely N-dealkylation sites (tertiary alicyclic amines) is 1. The van der Waals surface area contributed by atoms with Gasteiger partial charge in [0, 0.05) is 23.2 Å². The minimum atomic E-state index is -0.0103. The fraction of sp³-hybridized carbons (Fsp3) is 0.381. The van der Waals surface area contributed by atoms with Crippen molar-refractivity contribution in [1.82, 2.24) is 4.90 Å². The SMILES string of the molecule is COc1cccc(OC)c1OC1CCN(CC(=O)Nc2cccc(Br)c2)CC1. The minimum Gasteiger partial charge on any atom is -0.493 e. The van der Waals surface area contributed by atoms with Crippen LogP contribution in [0.3, 0.4) is 0 Å². The van der Waals surface area contributed by atoms with E-state index in [4.69, 9.17) is 14.2 Å². The summed E-state index contributed by atoms with van der Waals surface area (Å²) in [7, 11) is 3.24. The van der Waals surface area contributed by atoms with Gasteiger partial charge in [-0.1, -0.05) is 28.1 Å². The third-order valence-electron chi connectivity index (χ3n) is 4.68. The number of carbonyl (C=O) groups is 1. The van der Waals surface area contributed by atoms with Gasteiger partial charge in [-0.05, 0) is 43.2 Å². The second-order valence-corrected chi connectivity index (χ2v) is 7.56. The maximum absolute atomic E-state index is 12.3. The Morgan fingerprint density at radius 1 is 1.11 bits per heavy atom. The van der Waals surface area contributed by atoms with Gasteiger partial charge in [0.05, 0.1) is 20.8 Å². The van der Waals surface area contributed by atoms with Gasteiger partial charge in [-0.2, -0.15) is 0 Å². The van der Waals surface area contributed by atoms with Gasteiger partial charge >= 0.3 is 0 Å². The average Bonchev–Trinajstić information content (AvgIpc) is 2.69. The third kappa shape index (κ3) is 5.39. The van der Waals surface area contributed by atoms with Gasteiger partial charge in [-0.3, -0.25) is 9.69 Å². The predicted molar refractivity (Wildman–Crippen MR) is 112 cm³/mol. The van der Waals surface area contributed by atoms with E-state index < -0.39 is 0 Å². The molecule has 0 aromatic heterocycles. The molecule has 0 unspecified atom stereocenters. The number of hydrogen-bond donors (Lipinski definition) is 1. The highest BCUT2D eigenvalue weighted by atomic mass is 79.9. The molecule has 150 valence electrons. The molecule has 1 aliphatic heterocycles. The molecule has 0 radical (unpaired) electrons. The van der Waals surface area contributed by atoms with Crippen molar-refractivity contribution in [1.29, 1.82) is 0 Å². The van der Waals surface area contributed by atoms with Crippen molar-refractivity contribution in [2.75, 3.05) is 39.2 Å². The number of hydrogen-bond acceptors (Lipinski definition) is 5. The van der Waals surface area contributed by atoms with E-state index in [2.05, 4.69) is 26.1 Å². The molecule has 1 saturated heterocycles. The van der Waals surface area contributed by atoms with Crippen LogP contribution in [0.5, 0.6) is 17.2 Å². The summed E-state index contributed by atoms with van der Waals surface area (Å²) in [5.41, 5.74) is 0.792. The highest BCUT2D eigenvalue weighted by molar-refractivity contribution is 9.10. The monoisotopic (exact) mass is 448 g/mol. The summed E-state index contributed by atoms with van der Waals surface area (Å²) in [4.78, 5) is 14.4. The lowest BCUT2D eigenvalue weighted by atomic mass is 10.1. The number of methoxy groups -OCH3 is 2. The van der Waals surface area contributed by atoms with Gasteiger partial charge in [0.1, 0.15) is 6.10 Å². The number of amides is 1. The summed E-state index contributed by atoms with van der Waals surface area (Å²) >= 11 is 3.41. The molecule has 1 aliphatic rings. The summed E-state index contributed by atoms with van der Waals surface area (Å²) in [6, 6.07) is 13.2. The van der Waals surface area contributed by atoms with Crippen LogP contribution in [0.4, 0.5) is 5.69 Å². The molecule has 0 aliphatic carbocycles. The molecule has 6 nitrogen and oxygen atoms in total. The Balaban J connectivity index is 1.50. The zero-order chi connectivity index (χ0) is 19.9. The molecule has 0 bridgehead atoms. The van der Waals surface area contributed by atoms with E-state index in [0.717, 1.165) is 36.1 Å². The smallest absolute Gasteiger partial charge is 0.238 e. The summed E-state index contributed by atoms with van der Waals surface area (Å²) in [5.74, 6) is 1.95. The Morgan fingerprint density at radius 3 is 2.36 bits per heavy atom. The van der Waals surface area contributed by atoms with Crippen LogP contribution in [0.25, 0.3) is 0 Å². The van der Waals surface area contributed by atoms with Crippen LogP contribution in [0, 0.1) is 0 Å². The van der Waals surface area contributed by atoms with E-state index in [1.165, 1.54) is 0 Å². The standard InChI is InChI=1S/C21H25BrN2O4/c1-26-18-7-4-8-19(27-2)21(18)28-17-9-11-24(12-10-17)14-20(25)23-16-6-3-5-15(22)13-16/h3-8,13,17H,9-12,14H2,1-2H3,(H,23,25). The summed E-state index contributed by atoms with van der Waals surface area (Å²) < 4.78 is 17.9. The van der Waals surface area contributed by atoms with Gasteiger partial charge in [0.15, 0.2) is 11.5 Å². The fourth-order valence-electron chi connectivity index (χ4n) is 3.26. The first-order valence-corrected chi connectivity index (χ1v) is 10.0. The molecular formula is C21H25BrN2O4. The van der Waals surface area contributed by atoms with Crippen LogP contribution in [-0.4, -0.2) is 50.8 Å². The minimum absolute atomic E-state index is 0.0103. The van der Waals surface area contributed by atoms with E-state index in [-0.39, 0.29) is 12.0 Å². The van der Waals surface area contributed by atoms with Crippen molar-refractivity contribution >= 4 is 27.5 Å². The number of para-hydroxylation sites is 1. The Kier molecular flexibility index (Phi) is 7.17. The largest absolute Gasteiger partial charge is 0.493 e. The second-order valence-electron chi connectivity index (χ2n) is 6.64. The lowest BCUT2D eigenvalue weighted by molar-refractivity contribution is -0.117. The van der Waals surface area contributed by atoms with E-state index >= 15 is 0 Å². The van der Waals surface area contributed by atoms with Gasteiger partial charge in [-0.15, -0.1) is 0 Å². The molecule has 7 heteroatoms. The lowest BCUT2D eigenvalue weighted by Gasteiger charge is -2.32. The van der Waals surface area contributed by atoms with Crippen LogP contribution in [0.1, 0.15) is 12.8 Å². The number of nitrogens with one attached hydrogen (secondary N) is 1. The molecule has 1 amide bonds.